The zero-order chi connectivity index (χ0) is 17.8. The summed E-state index contributed by atoms with van der Waals surface area (Å²) in [5.74, 6) is 0.602. The predicted molar refractivity (Wildman–Crippen MR) is 96.6 cm³/mol. The normalized spacial score (nSPS) is 14.8. The molecule has 3 rings (SSSR count). The first-order valence-electron chi connectivity index (χ1n) is 8.51. The Morgan fingerprint density at radius 2 is 2.00 bits per heavy atom. The lowest BCUT2D eigenvalue weighted by Crippen LogP contribution is -2.49. The maximum atomic E-state index is 13.9. The molecular formula is C17H22FN5OS. The van der Waals surface area contributed by atoms with Crippen LogP contribution < -0.4 is 4.90 Å². The van der Waals surface area contributed by atoms with Crippen molar-refractivity contribution in [2.24, 2.45) is 0 Å². The molecule has 0 bridgehead atoms. The predicted octanol–water partition coefficient (Wildman–Crippen LogP) is 2.38. The number of amides is 1. The summed E-state index contributed by atoms with van der Waals surface area (Å²) < 4.78 is 16.1. The van der Waals surface area contributed by atoms with Crippen LogP contribution in [0.1, 0.15) is 19.2 Å². The largest absolute Gasteiger partial charge is 0.366 e. The van der Waals surface area contributed by atoms with E-state index in [0.717, 1.165) is 18.7 Å². The summed E-state index contributed by atoms with van der Waals surface area (Å²) in [5, 5.41) is 6.95. The molecule has 1 N–H and O–H groups in total. The number of benzene rings is 1. The minimum Gasteiger partial charge on any atom is -0.366 e. The highest BCUT2D eigenvalue weighted by Gasteiger charge is 2.23. The molecular weight excluding hydrogens is 341 g/mol. The number of H-pyrrole nitrogens is 1. The summed E-state index contributed by atoms with van der Waals surface area (Å²) in [5.41, 5.74) is 0.594. The lowest BCUT2D eigenvalue weighted by molar-refractivity contribution is -0.132. The molecule has 134 valence electrons. The quantitative estimate of drug-likeness (QED) is 0.829. The molecule has 1 fully saturated rings. The van der Waals surface area contributed by atoms with Gasteiger partial charge in [-0.2, -0.15) is 5.10 Å². The van der Waals surface area contributed by atoms with Crippen LogP contribution in [0, 0.1) is 10.6 Å². The third-order valence-corrected chi connectivity index (χ3v) is 4.74. The molecule has 0 unspecified atom stereocenters. The van der Waals surface area contributed by atoms with Crippen LogP contribution in [-0.2, 0) is 17.8 Å². The van der Waals surface area contributed by atoms with Crippen molar-refractivity contribution in [3.8, 4) is 0 Å². The number of carbonyl (C=O) groups excluding carboxylic acids is 1. The second-order valence-corrected chi connectivity index (χ2v) is 6.49. The molecule has 0 spiro atoms. The van der Waals surface area contributed by atoms with Gasteiger partial charge >= 0.3 is 0 Å². The maximum Gasteiger partial charge on any atom is 0.242 e. The number of hydrogen-bond donors (Lipinski definition) is 1. The number of halogens is 1. The van der Waals surface area contributed by atoms with Gasteiger partial charge in [0, 0.05) is 32.6 Å². The third kappa shape index (κ3) is 3.89. The molecule has 2 heterocycles. The number of piperazine rings is 1. The summed E-state index contributed by atoms with van der Waals surface area (Å²) in [4.78, 5) is 16.4. The van der Waals surface area contributed by atoms with Crippen molar-refractivity contribution < 1.29 is 9.18 Å². The molecule has 2 aromatic rings. The number of anilines is 1. The molecule has 1 amide bonds. The first-order valence-corrected chi connectivity index (χ1v) is 8.92. The Morgan fingerprint density at radius 1 is 1.28 bits per heavy atom. The summed E-state index contributed by atoms with van der Waals surface area (Å²) in [6, 6.07) is 6.74. The number of aromatic nitrogens is 3. The van der Waals surface area contributed by atoms with E-state index in [1.54, 1.807) is 16.7 Å². The molecule has 1 aliphatic rings. The van der Waals surface area contributed by atoms with Gasteiger partial charge < -0.3 is 9.80 Å². The summed E-state index contributed by atoms with van der Waals surface area (Å²) in [6.07, 6.45) is 1.72. The Labute approximate surface area is 151 Å². The topological polar surface area (TPSA) is 57.2 Å². The minimum absolute atomic E-state index is 0.0167. The lowest BCUT2D eigenvalue weighted by atomic mass is 10.2. The minimum atomic E-state index is -0.226. The Kier molecular flexibility index (Phi) is 5.47. The van der Waals surface area contributed by atoms with Crippen LogP contribution >= 0.6 is 12.2 Å². The lowest BCUT2D eigenvalue weighted by Gasteiger charge is -2.36. The van der Waals surface area contributed by atoms with E-state index in [1.807, 2.05) is 15.9 Å². The fourth-order valence-electron chi connectivity index (χ4n) is 3.07. The van der Waals surface area contributed by atoms with Gasteiger partial charge in [-0.15, -0.1) is 0 Å². The standard InChI is InChI=1S/C17H22FN5OS/c1-2-5-15-19-20-17(25)23(15)12-16(24)22-10-8-21(9-11-22)14-7-4-3-6-13(14)18/h3-4,6-7H,2,5,8-12H2,1H3,(H,20,25). The Balaban J connectivity index is 1.62. The number of hydrogen-bond acceptors (Lipinski definition) is 4. The summed E-state index contributed by atoms with van der Waals surface area (Å²) in [6.45, 7) is 4.63. The molecule has 0 radical (unpaired) electrons. The fraction of sp³-hybridized carbons (Fsp3) is 0.471. The fourth-order valence-corrected chi connectivity index (χ4v) is 3.28. The smallest absolute Gasteiger partial charge is 0.242 e. The Morgan fingerprint density at radius 3 is 2.68 bits per heavy atom. The van der Waals surface area contributed by atoms with Crippen molar-refractivity contribution in [1.29, 1.82) is 0 Å². The zero-order valence-corrected chi connectivity index (χ0v) is 15.1. The maximum absolute atomic E-state index is 13.9. The number of nitrogens with zero attached hydrogens (tertiary/aromatic N) is 4. The van der Waals surface area contributed by atoms with Crippen molar-refractivity contribution in [3.05, 3.63) is 40.7 Å². The third-order valence-electron chi connectivity index (χ3n) is 4.43. The van der Waals surface area contributed by atoms with Crippen LogP contribution in [0.15, 0.2) is 24.3 Å². The van der Waals surface area contributed by atoms with Crippen LogP contribution in [0.2, 0.25) is 0 Å². The van der Waals surface area contributed by atoms with Crippen LogP contribution in [0.4, 0.5) is 10.1 Å². The highest BCUT2D eigenvalue weighted by atomic mass is 32.1. The highest BCUT2D eigenvalue weighted by Crippen LogP contribution is 2.20. The number of aromatic amines is 1. The average Bonchev–Trinajstić information content (AvgIpc) is 2.96. The summed E-state index contributed by atoms with van der Waals surface area (Å²) in [7, 11) is 0. The van der Waals surface area contributed by atoms with Crippen molar-refractivity contribution in [1.82, 2.24) is 19.7 Å². The molecule has 1 aromatic carbocycles. The van der Waals surface area contributed by atoms with Gasteiger partial charge in [0.25, 0.3) is 0 Å². The van der Waals surface area contributed by atoms with E-state index in [-0.39, 0.29) is 18.3 Å². The zero-order valence-electron chi connectivity index (χ0n) is 14.2. The van der Waals surface area contributed by atoms with E-state index in [4.69, 9.17) is 12.2 Å². The first-order chi connectivity index (χ1) is 12.1. The van der Waals surface area contributed by atoms with Gasteiger partial charge in [0.1, 0.15) is 18.2 Å². The van der Waals surface area contributed by atoms with Gasteiger partial charge in [0.05, 0.1) is 5.69 Å². The van der Waals surface area contributed by atoms with Crippen molar-refractivity contribution in [2.45, 2.75) is 26.3 Å². The highest BCUT2D eigenvalue weighted by molar-refractivity contribution is 7.71. The van der Waals surface area contributed by atoms with Crippen LogP contribution in [0.25, 0.3) is 0 Å². The van der Waals surface area contributed by atoms with E-state index in [1.165, 1.54) is 6.07 Å². The van der Waals surface area contributed by atoms with E-state index in [2.05, 4.69) is 17.1 Å². The molecule has 0 atom stereocenters. The number of aryl methyl sites for hydroxylation is 1. The average molecular weight is 363 g/mol. The number of nitrogens with one attached hydrogen (secondary N) is 1. The van der Waals surface area contributed by atoms with Crippen LogP contribution in [0.5, 0.6) is 0 Å². The molecule has 25 heavy (non-hydrogen) atoms. The monoisotopic (exact) mass is 363 g/mol. The van der Waals surface area contributed by atoms with Crippen LogP contribution in [0.3, 0.4) is 0 Å². The molecule has 0 aliphatic carbocycles. The van der Waals surface area contributed by atoms with Gasteiger partial charge in [0.2, 0.25) is 5.91 Å². The molecule has 0 saturated carbocycles. The first kappa shape index (κ1) is 17.6. The van der Waals surface area contributed by atoms with Crippen molar-refractivity contribution in [3.63, 3.8) is 0 Å². The molecule has 1 aliphatic heterocycles. The second kappa shape index (κ2) is 7.77. The Bertz CT molecular complexity index is 794. The summed E-state index contributed by atoms with van der Waals surface area (Å²) >= 11 is 5.23. The molecule has 6 nitrogen and oxygen atoms in total. The van der Waals surface area contributed by atoms with E-state index in [9.17, 15) is 9.18 Å². The second-order valence-electron chi connectivity index (χ2n) is 6.10. The van der Waals surface area contributed by atoms with E-state index >= 15 is 0 Å². The SMILES string of the molecule is CCCc1n[nH]c(=S)n1CC(=O)N1CCN(c2ccccc2F)CC1. The van der Waals surface area contributed by atoms with Gasteiger partial charge in [-0.05, 0) is 30.8 Å². The van der Waals surface area contributed by atoms with Crippen molar-refractivity contribution in [2.75, 3.05) is 31.1 Å². The molecule has 8 heteroatoms. The van der Waals surface area contributed by atoms with Gasteiger partial charge in [-0.25, -0.2) is 4.39 Å². The van der Waals surface area contributed by atoms with Crippen LogP contribution in [-0.4, -0.2) is 51.8 Å². The van der Waals surface area contributed by atoms with Gasteiger partial charge in [-0.1, -0.05) is 19.1 Å². The molecule has 1 saturated heterocycles. The number of carbonyl (C=O) groups is 1. The number of rotatable bonds is 5. The van der Waals surface area contributed by atoms with Gasteiger partial charge in [-0.3, -0.25) is 14.5 Å². The van der Waals surface area contributed by atoms with E-state index in [0.29, 0.717) is 36.6 Å². The van der Waals surface area contributed by atoms with E-state index < -0.39 is 0 Å². The number of para-hydroxylation sites is 1. The molecule has 1 aromatic heterocycles. The van der Waals surface area contributed by atoms with Gasteiger partial charge in [0.15, 0.2) is 4.77 Å². The Hall–Kier alpha value is -2.22. The van der Waals surface area contributed by atoms with Crippen molar-refractivity contribution >= 4 is 23.8 Å².